The smallest absolute Gasteiger partial charge is 0.327 e. The number of nitrogens with zero attached hydrogens (tertiary/aromatic N) is 1. The van der Waals surface area contributed by atoms with Crippen molar-refractivity contribution in [2.24, 2.45) is 0 Å². The number of carboxylic acids is 1. The summed E-state index contributed by atoms with van der Waals surface area (Å²) in [6.07, 6.45) is 0.406. The number of methoxy groups -OCH3 is 2. The molecule has 38 heavy (non-hydrogen) atoms. The molecule has 2 N–H and O–H groups in total. The van der Waals surface area contributed by atoms with Crippen molar-refractivity contribution >= 4 is 21.9 Å². The first-order chi connectivity index (χ1) is 18.3. The molecule has 3 aromatic carbocycles. The minimum atomic E-state index is -4.61. The van der Waals surface area contributed by atoms with Crippen LogP contribution >= 0.6 is 0 Å². The molecule has 3 aromatic rings. The lowest BCUT2D eigenvalue weighted by Crippen LogP contribution is -2.56. The Morgan fingerprint density at radius 3 is 2.29 bits per heavy atom. The molecule has 0 unspecified atom stereocenters. The maximum atomic E-state index is 14.0. The van der Waals surface area contributed by atoms with Crippen LogP contribution in [-0.2, 0) is 39.0 Å². The van der Waals surface area contributed by atoms with Crippen LogP contribution in [0.5, 0.6) is 11.5 Å². The zero-order chi connectivity index (χ0) is 27.3. The van der Waals surface area contributed by atoms with Crippen molar-refractivity contribution in [1.82, 2.24) is 9.62 Å². The van der Waals surface area contributed by atoms with Crippen LogP contribution in [0.15, 0.2) is 77.7 Å². The van der Waals surface area contributed by atoms with E-state index >= 15 is 0 Å². The van der Waals surface area contributed by atoms with Gasteiger partial charge in [-0.15, -0.1) is 0 Å². The number of ether oxygens (including phenoxy) is 2. The van der Waals surface area contributed by atoms with E-state index in [1.54, 1.807) is 0 Å². The predicted octanol–water partition coefficient (Wildman–Crippen LogP) is 3.02. The van der Waals surface area contributed by atoms with E-state index in [9.17, 15) is 23.1 Å². The number of amides is 1. The van der Waals surface area contributed by atoms with E-state index in [0.29, 0.717) is 16.6 Å². The number of rotatable bonds is 10. The van der Waals surface area contributed by atoms with Crippen molar-refractivity contribution in [3.8, 4) is 11.5 Å². The van der Waals surface area contributed by atoms with Crippen LogP contribution in [0.4, 0.5) is 0 Å². The van der Waals surface area contributed by atoms with Gasteiger partial charge in [0.1, 0.15) is 6.04 Å². The SMILES string of the molecule is COc1ccc(S(=O)(=O)N(C(=O)[C@@H]2Cc3ccccc3CN2)[C@@H](CCc2ccccc2)C(=O)O)cc1OC. The molecule has 9 nitrogen and oxygen atoms in total. The van der Waals surface area contributed by atoms with Crippen molar-refractivity contribution in [3.05, 3.63) is 89.5 Å². The molecule has 4 rings (SSSR count). The summed E-state index contributed by atoms with van der Waals surface area (Å²) in [6, 6.07) is 18.0. The molecule has 0 bridgehead atoms. The van der Waals surface area contributed by atoms with E-state index in [1.807, 2.05) is 54.6 Å². The summed E-state index contributed by atoms with van der Waals surface area (Å²) < 4.78 is 39.0. The quantitative estimate of drug-likeness (QED) is 0.404. The van der Waals surface area contributed by atoms with Crippen molar-refractivity contribution in [1.29, 1.82) is 0 Å². The number of nitrogens with one attached hydrogen (secondary N) is 1. The average Bonchev–Trinajstić information content (AvgIpc) is 2.94. The van der Waals surface area contributed by atoms with Crippen LogP contribution in [0.1, 0.15) is 23.1 Å². The van der Waals surface area contributed by atoms with Crippen molar-refractivity contribution in [3.63, 3.8) is 0 Å². The molecule has 1 aliphatic rings. The number of fused-ring (bicyclic) bond motifs is 1. The second-order valence-electron chi connectivity index (χ2n) is 8.94. The average molecular weight is 539 g/mol. The van der Waals surface area contributed by atoms with E-state index in [1.165, 1.54) is 32.4 Å². The number of hydrogen-bond acceptors (Lipinski definition) is 7. The van der Waals surface area contributed by atoms with Crippen molar-refractivity contribution < 1.29 is 32.6 Å². The third kappa shape index (κ3) is 5.66. The number of carbonyl (C=O) groups is 2. The number of carbonyl (C=O) groups excluding carboxylic acids is 1. The Kier molecular flexibility index (Phi) is 8.33. The normalized spacial score (nSPS) is 15.7. The van der Waals surface area contributed by atoms with Gasteiger partial charge in [0, 0.05) is 12.6 Å². The summed E-state index contributed by atoms with van der Waals surface area (Å²) in [6.45, 7) is 0.360. The van der Waals surface area contributed by atoms with Gasteiger partial charge in [-0.3, -0.25) is 4.79 Å². The zero-order valence-electron chi connectivity index (χ0n) is 21.2. The highest BCUT2D eigenvalue weighted by Crippen LogP contribution is 2.32. The largest absolute Gasteiger partial charge is 0.493 e. The van der Waals surface area contributed by atoms with Crippen LogP contribution in [0, 0.1) is 0 Å². The van der Waals surface area contributed by atoms with E-state index < -0.39 is 34.0 Å². The van der Waals surface area contributed by atoms with Gasteiger partial charge in [0.05, 0.1) is 25.2 Å². The van der Waals surface area contributed by atoms with Crippen LogP contribution in [0.3, 0.4) is 0 Å². The zero-order valence-corrected chi connectivity index (χ0v) is 22.0. The van der Waals surface area contributed by atoms with Crippen LogP contribution < -0.4 is 14.8 Å². The first kappa shape index (κ1) is 27.2. The van der Waals surface area contributed by atoms with E-state index in [2.05, 4.69) is 5.32 Å². The van der Waals surface area contributed by atoms with Gasteiger partial charge in [0.25, 0.3) is 15.9 Å². The molecule has 0 saturated carbocycles. The van der Waals surface area contributed by atoms with Crippen LogP contribution in [0.25, 0.3) is 0 Å². The molecule has 0 radical (unpaired) electrons. The maximum Gasteiger partial charge on any atom is 0.327 e. The number of hydrogen-bond donors (Lipinski definition) is 2. The van der Waals surface area contributed by atoms with Crippen molar-refractivity contribution in [2.45, 2.75) is 42.8 Å². The molecular formula is C28H30N2O7S. The van der Waals surface area contributed by atoms with Gasteiger partial charge in [-0.05, 0) is 48.1 Å². The molecule has 200 valence electrons. The Morgan fingerprint density at radius 1 is 0.974 bits per heavy atom. The molecule has 0 aliphatic carbocycles. The van der Waals surface area contributed by atoms with Gasteiger partial charge in [-0.2, -0.15) is 0 Å². The Balaban J connectivity index is 1.75. The molecule has 2 atom stereocenters. The van der Waals surface area contributed by atoms with E-state index in [4.69, 9.17) is 9.47 Å². The fourth-order valence-corrected chi connectivity index (χ4v) is 6.22. The van der Waals surface area contributed by atoms with Gasteiger partial charge in [0.2, 0.25) is 0 Å². The number of sulfonamides is 1. The maximum absolute atomic E-state index is 14.0. The summed E-state index contributed by atoms with van der Waals surface area (Å²) in [7, 11) is -1.83. The van der Waals surface area contributed by atoms with Crippen LogP contribution in [0.2, 0.25) is 0 Å². The second kappa shape index (κ2) is 11.7. The lowest BCUT2D eigenvalue weighted by Gasteiger charge is -2.34. The van der Waals surface area contributed by atoms with Gasteiger partial charge >= 0.3 is 5.97 Å². The van der Waals surface area contributed by atoms with Gasteiger partial charge in [0.15, 0.2) is 11.5 Å². The Hall–Kier alpha value is -3.89. The molecule has 1 heterocycles. The number of aliphatic carboxylic acids is 1. The molecular weight excluding hydrogens is 508 g/mol. The topological polar surface area (TPSA) is 122 Å². The summed E-state index contributed by atoms with van der Waals surface area (Å²) in [5.74, 6) is -1.79. The lowest BCUT2D eigenvalue weighted by atomic mass is 9.95. The van der Waals surface area contributed by atoms with Gasteiger partial charge in [-0.25, -0.2) is 17.5 Å². The first-order valence-electron chi connectivity index (χ1n) is 12.1. The third-order valence-electron chi connectivity index (χ3n) is 6.63. The van der Waals surface area contributed by atoms with Gasteiger partial charge in [-0.1, -0.05) is 54.6 Å². The molecule has 0 aromatic heterocycles. The Morgan fingerprint density at radius 2 is 1.63 bits per heavy atom. The number of carboxylic acid groups (broad SMARTS) is 1. The van der Waals surface area contributed by atoms with E-state index in [-0.39, 0.29) is 29.9 Å². The number of benzene rings is 3. The molecule has 10 heteroatoms. The third-order valence-corrected chi connectivity index (χ3v) is 8.43. The van der Waals surface area contributed by atoms with E-state index in [0.717, 1.165) is 16.7 Å². The molecule has 0 fully saturated rings. The highest BCUT2D eigenvalue weighted by atomic mass is 32.2. The highest BCUT2D eigenvalue weighted by Gasteiger charge is 2.43. The fraction of sp³-hybridized carbons (Fsp3) is 0.286. The number of aryl methyl sites for hydroxylation is 1. The monoisotopic (exact) mass is 538 g/mol. The summed E-state index contributed by atoms with van der Waals surface area (Å²) in [4.78, 5) is 26.2. The minimum absolute atomic E-state index is 0.0963. The highest BCUT2D eigenvalue weighted by molar-refractivity contribution is 7.89. The second-order valence-corrected chi connectivity index (χ2v) is 10.8. The molecule has 0 saturated heterocycles. The Bertz CT molecular complexity index is 1410. The Labute approximate surface area is 222 Å². The van der Waals surface area contributed by atoms with Crippen molar-refractivity contribution in [2.75, 3.05) is 14.2 Å². The fourth-order valence-electron chi connectivity index (χ4n) is 4.60. The molecule has 1 aliphatic heterocycles. The summed E-state index contributed by atoms with van der Waals surface area (Å²) in [5.41, 5.74) is 2.74. The minimum Gasteiger partial charge on any atom is -0.493 e. The summed E-state index contributed by atoms with van der Waals surface area (Å²) >= 11 is 0. The molecule has 1 amide bonds. The van der Waals surface area contributed by atoms with Crippen LogP contribution in [-0.4, -0.2) is 56.0 Å². The summed E-state index contributed by atoms with van der Waals surface area (Å²) in [5, 5.41) is 13.3. The lowest BCUT2D eigenvalue weighted by molar-refractivity contribution is -0.147. The first-order valence-corrected chi connectivity index (χ1v) is 13.6. The standard InChI is InChI=1S/C28H30N2O7S/c1-36-25-15-13-22(17-26(25)37-2)38(34,35)30(24(28(32)33)14-12-19-8-4-3-5-9-19)27(31)23-16-20-10-6-7-11-21(20)18-29-23/h3-11,13,15,17,23-24,29H,12,14,16,18H2,1-2H3,(H,32,33)/t23-,24-/m0/s1. The molecule has 0 spiro atoms. The predicted molar refractivity (Wildman–Crippen MR) is 141 cm³/mol. The van der Waals surface area contributed by atoms with Gasteiger partial charge < -0.3 is 19.9 Å².